The minimum Gasteiger partial charge on any atom is -0.472 e. The van der Waals surface area contributed by atoms with E-state index < -0.39 is 63.5 Å². The van der Waals surface area contributed by atoms with Gasteiger partial charge in [-0.15, -0.1) is 0 Å². The van der Waals surface area contributed by atoms with Crippen molar-refractivity contribution in [2.24, 2.45) is 22.2 Å². The third kappa shape index (κ3) is 2.66. The molecule has 4 fully saturated rings. The molecular formula is C27H30O8. The van der Waals surface area contributed by atoms with Gasteiger partial charge in [0.25, 0.3) is 0 Å². The van der Waals surface area contributed by atoms with E-state index in [0.717, 1.165) is 0 Å². The number of methoxy groups -OCH3 is 1. The van der Waals surface area contributed by atoms with Gasteiger partial charge < -0.3 is 18.6 Å². The van der Waals surface area contributed by atoms with Gasteiger partial charge in [0.05, 0.1) is 25.1 Å². The molecule has 2 saturated heterocycles. The highest BCUT2D eigenvalue weighted by Gasteiger charge is 2.88. The quantitative estimate of drug-likeness (QED) is 0.278. The zero-order valence-corrected chi connectivity index (χ0v) is 20.8. The molecule has 5 rings (SSSR count). The zero-order chi connectivity index (χ0) is 25.6. The first-order valence-corrected chi connectivity index (χ1v) is 11.8. The van der Waals surface area contributed by atoms with Gasteiger partial charge in [-0.2, -0.15) is 0 Å². The van der Waals surface area contributed by atoms with Crippen molar-refractivity contribution in [2.75, 3.05) is 7.11 Å². The fourth-order valence-corrected chi connectivity index (χ4v) is 7.73. The van der Waals surface area contributed by atoms with Crippen molar-refractivity contribution < 1.29 is 37.8 Å². The SMILES string of the molecule is COC(=O)/C=C\[C@@]1(C)C(=C(C)C)C(=O)C(=O)[C@]2(C)[C@@H]1CC[C@@]1(C)[C@H](c3ccoc3)OC(=O)[C@H]3O[C@]312. The fourth-order valence-electron chi connectivity index (χ4n) is 7.73. The van der Waals surface area contributed by atoms with E-state index in [2.05, 4.69) is 0 Å². The Morgan fingerprint density at radius 2 is 1.86 bits per heavy atom. The fraction of sp³-hybridized carbons (Fsp3) is 0.556. The number of carbonyl (C=O) groups is 4. The molecule has 186 valence electrons. The number of cyclic esters (lactones) is 1. The maximum Gasteiger partial charge on any atom is 0.339 e. The lowest BCUT2D eigenvalue weighted by Gasteiger charge is -2.62. The maximum atomic E-state index is 14.1. The Kier molecular flexibility index (Phi) is 4.92. The Balaban J connectivity index is 1.73. The molecule has 0 N–H and O–H groups in total. The second-order valence-electron chi connectivity index (χ2n) is 11.0. The Hall–Kier alpha value is -3.00. The summed E-state index contributed by atoms with van der Waals surface area (Å²) in [6.45, 7) is 9.19. The number of esters is 2. The van der Waals surface area contributed by atoms with Crippen LogP contribution in [0.3, 0.4) is 0 Å². The van der Waals surface area contributed by atoms with E-state index in [-0.39, 0.29) is 0 Å². The molecule has 1 spiro atoms. The number of ketones is 2. The van der Waals surface area contributed by atoms with Crippen LogP contribution in [0, 0.1) is 22.2 Å². The molecule has 7 atom stereocenters. The van der Waals surface area contributed by atoms with Gasteiger partial charge in [-0.25, -0.2) is 9.59 Å². The van der Waals surface area contributed by atoms with E-state index in [0.29, 0.717) is 29.6 Å². The summed E-state index contributed by atoms with van der Waals surface area (Å²) in [5, 5.41) is 0. The molecule has 0 aromatic carbocycles. The molecule has 2 saturated carbocycles. The van der Waals surface area contributed by atoms with Crippen LogP contribution in [-0.2, 0) is 33.4 Å². The van der Waals surface area contributed by atoms with E-state index in [1.165, 1.54) is 25.7 Å². The highest BCUT2D eigenvalue weighted by Crippen LogP contribution is 2.77. The molecule has 35 heavy (non-hydrogen) atoms. The average Bonchev–Trinajstić information content (AvgIpc) is 3.38. The number of fused-ring (bicyclic) bond motifs is 1. The number of ether oxygens (including phenoxy) is 3. The molecule has 0 unspecified atom stereocenters. The van der Waals surface area contributed by atoms with Crippen LogP contribution in [0.1, 0.15) is 59.1 Å². The standard InChI is InChI=1S/C27H30O8/c1-14(2)18-19(29)20(30)26(5)16(24(18,3)10-8-17(28)32-6)7-11-25(4)21(15-9-12-33-13-15)34-23(31)22-27(25,26)35-22/h8-10,12-13,16,21-22H,7,11H2,1-6H3/b10-8-/t16-,21+,22-,24-,25+,26+,27-/m1/s1. The summed E-state index contributed by atoms with van der Waals surface area (Å²) in [6, 6.07) is 1.74. The highest BCUT2D eigenvalue weighted by atomic mass is 16.7. The van der Waals surface area contributed by atoms with Gasteiger partial charge in [-0.1, -0.05) is 25.5 Å². The number of furan rings is 1. The zero-order valence-electron chi connectivity index (χ0n) is 20.8. The summed E-state index contributed by atoms with van der Waals surface area (Å²) in [5.41, 5.74) is -2.49. The van der Waals surface area contributed by atoms with Gasteiger partial charge in [0.15, 0.2) is 6.10 Å². The molecule has 0 radical (unpaired) electrons. The molecule has 2 aliphatic heterocycles. The van der Waals surface area contributed by atoms with Crippen LogP contribution in [0.5, 0.6) is 0 Å². The lowest BCUT2D eigenvalue weighted by atomic mass is 9.39. The topological polar surface area (TPSA) is 112 Å². The Morgan fingerprint density at radius 1 is 1.14 bits per heavy atom. The van der Waals surface area contributed by atoms with E-state index in [1.807, 2.05) is 13.8 Å². The van der Waals surface area contributed by atoms with Gasteiger partial charge in [-0.05, 0) is 45.6 Å². The first-order chi connectivity index (χ1) is 16.4. The molecule has 1 aromatic rings. The number of epoxide rings is 1. The molecule has 4 aliphatic rings. The lowest BCUT2D eigenvalue weighted by Crippen LogP contribution is -2.70. The Labute approximate surface area is 203 Å². The molecule has 3 heterocycles. The number of hydrogen-bond donors (Lipinski definition) is 0. The van der Waals surface area contributed by atoms with Gasteiger partial charge in [0.2, 0.25) is 11.6 Å². The van der Waals surface area contributed by atoms with E-state index in [9.17, 15) is 19.2 Å². The van der Waals surface area contributed by atoms with Crippen LogP contribution in [-0.4, -0.2) is 42.3 Å². The van der Waals surface area contributed by atoms with Crippen LogP contribution in [0.25, 0.3) is 0 Å². The lowest BCUT2D eigenvalue weighted by molar-refractivity contribution is -0.197. The molecule has 0 bridgehead atoms. The molecule has 8 nitrogen and oxygen atoms in total. The van der Waals surface area contributed by atoms with E-state index in [1.54, 1.807) is 32.9 Å². The molecular weight excluding hydrogens is 452 g/mol. The van der Waals surface area contributed by atoms with Crippen molar-refractivity contribution in [1.82, 2.24) is 0 Å². The highest BCUT2D eigenvalue weighted by molar-refractivity contribution is 6.47. The van der Waals surface area contributed by atoms with Crippen molar-refractivity contribution in [3.63, 3.8) is 0 Å². The summed E-state index contributed by atoms with van der Waals surface area (Å²) in [4.78, 5) is 52.9. The van der Waals surface area contributed by atoms with Crippen LogP contribution < -0.4 is 0 Å². The molecule has 0 amide bonds. The summed E-state index contributed by atoms with van der Waals surface area (Å²) in [7, 11) is 1.29. The molecule has 8 heteroatoms. The van der Waals surface area contributed by atoms with Crippen LogP contribution in [0.15, 0.2) is 46.3 Å². The number of Topliss-reactive ketones (excluding diaryl/α,β-unsaturated/α-hetero) is 2. The summed E-state index contributed by atoms with van der Waals surface area (Å²) in [5.74, 6) is -2.66. The van der Waals surface area contributed by atoms with E-state index >= 15 is 0 Å². The monoisotopic (exact) mass is 482 g/mol. The number of allylic oxidation sites excluding steroid dienone is 3. The minimum atomic E-state index is -1.32. The second kappa shape index (κ2) is 7.26. The number of rotatable bonds is 3. The van der Waals surface area contributed by atoms with E-state index in [4.69, 9.17) is 18.6 Å². The van der Waals surface area contributed by atoms with Crippen molar-refractivity contribution in [3.8, 4) is 0 Å². The third-order valence-corrected chi connectivity index (χ3v) is 9.19. The van der Waals surface area contributed by atoms with Crippen LogP contribution >= 0.6 is 0 Å². The van der Waals surface area contributed by atoms with Gasteiger partial charge in [0.1, 0.15) is 11.7 Å². The number of carbonyl (C=O) groups excluding carboxylic acids is 4. The minimum absolute atomic E-state index is 0.382. The first-order valence-electron chi connectivity index (χ1n) is 11.8. The smallest absolute Gasteiger partial charge is 0.339 e. The van der Waals surface area contributed by atoms with Crippen molar-refractivity contribution >= 4 is 23.5 Å². The first kappa shape index (κ1) is 23.7. The predicted molar refractivity (Wildman–Crippen MR) is 122 cm³/mol. The van der Waals surface area contributed by atoms with Gasteiger partial charge in [0, 0.05) is 28.0 Å². The van der Waals surface area contributed by atoms with Crippen molar-refractivity contribution in [3.05, 3.63) is 47.5 Å². The predicted octanol–water partition coefficient (Wildman–Crippen LogP) is 3.66. The second-order valence-corrected chi connectivity index (χ2v) is 11.0. The average molecular weight is 483 g/mol. The van der Waals surface area contributed by atoms with Crippen LogP contribution in [0.4, 0.5) is 0 Å². The largest absolute Gasteiger partial charge is 0.472 e. The Bertz CT molecular complexity index is 1200. The van der Waals surface area contributed by atoms with Crippen molar-refractivity contribution in [1.29, 1.82) is 0 Å². The Morgan fingerprint density at radius 3 is 2.46 bits per heavy atom. The summed E-state index contributed by atoms with van der Waals surface area (Å²) >= 11 is 0. The summed E-state index contributed by atoms with van der Waals surface area (Å²) < 4.78 is 22.1. The third-order valence-electron chi connectivity index (χ3n) is 9.19. The molecule has 1 aromatic heterocycles. The normalized spacial score (nSPS) is 42.2. The van der Waals surface area contributed by atoms with Crippen molar-refractivity contribution in [2.45, 2.75) is 65.3 Å². The summed E-state index contributed by atoms with van der Waals surface area (Å²) in [6.07, 6.45) is 5.54. The van der Waals surface area contributed by atoms with Gasteiger partial charge >= 0.3 is 11.9 Å². The van der Waals surface area contributed by atoms with Crippen LogP contribution in [0.2, 0.25) is 0 Å². The maximum absolute atomic E-state index is 14.1. The van der Waals surface area contributed by atoms with Gasteiger partial charge in [-0.3, -0.25) is 9.59 Å². The molecule has 2 aliphatic carbocycles. The number of hydrogen-bond acceptors (Lipinski definition) is 8.